The van der Waals surface area contributed by atoms with Gasteiger partial charge in [0.05, 0.1) is 6.54 Å². The zero-order valence-electron chi connectivity index (χ0n) is 16.4. The molecular formula is C19H33IN4O2S. The van der Waals surface area contributed by atoms with Crippen LogP contribution in [0.4, 0.5) is 0 Å². The van der Waals surface area contributed by atoms with Gasteiger partial charge in [-0.25, -0.2) is 0 Å². The van der Waals surface area contributed by atoms with Gasteiger partial charge in [0.15, 0.2) is 5.96 Å². The quantitative estimate of drug-likeness (QED) is 0.274. The number of piperidine rings is 1. The monoisotopic (exact) mass is 508 g/mol. The van der Waals surface area contributed by atoms with Crippen LogP contribution in [0.1, 0.15) is 58.3 Å². The molecule has 1 N–H and O–H groups in total. The molecule has 6 nitrogen and oxygen atoms in total. The molecule has 0 aromatic carbocycles. The van der Waals surface area contributed by atoms with Crippen LogP contribution in [0.2, 0.25) is 0 Å². The number of likely N-dealkylation sites (tertiary alicyclic amines) is 1. The molecule has 1 aliphatic carbocycles. The second kappa shape index (κ2) is 10.9. The van der Waals surface area contributed by atoms with E-state index >= 15 is 0 Å². The molecule has 3 fully saturated rings. The number of rotatable bonds is 4. The van der Waals surface area contributed by atoms with Crippen molar-refractivity contribution in [3.63, 3.8) is 0 Å². The molecule has 0 bridgehead atoms. The van der Waals surface area contributed by atoms with Gasteiger partial charge in [0.2, 0.25) is 11.8 Å². The van der Waals surface area contributed by atoms with Gasteiger partial charge in [0, 0.05) is 49.5 Å². The lowest BCUT2D eigenvalue weighted by molar-refractivity contribution is -0.147. The first-order valence-corrected chi connectivity index (χ1v) is 11.1. The molecule has 27 heavy (non-hydrogen) atoms. The molecule has 2 saturated heterocycles. The number of carbonyl (C=O) groups is 2. The predicted molar refractivity (Wildman–Crippen MR) is 122 cm³/mol. The third kappa shape index (κ3) is 5.98. The fraction of sp³-hybridized carbons (Fsp3) is 0.842. The highest BCUT2D eigenvalue weighted by Gasteiger charge is 2.38. The zero-order valence-corrected chi connectivity index (χ0v) is 19.5. The van der Waals surface area contributed by atoms with E-state index in [1.54, 1.807) is 0 Å². The van der Waals surface area contributed by atoms with Crippen molar-refractivity contribution in [2.45, 2.75) is 63.0 Å². The molecule has 1 spiro atoms. The summed E-state index contributed by atoms with van der Waals surface area (Å²) in [5.41, 5.74) is 0. The number of guanidine groups is 1. The number of hydrogen-bond donors (Lipinski definition) is 1. The van der Waals surface area contributed by atoms with E-state index in [-0.39, 0.29) is 35.8 Å². The van der Waals surface area contributed by atoms with E-state index in [1.165, 1.54) is 37.0 Å². The lowest BCUT2D eigenvalue weighted by Gasteiger charge is -2.45. The van der Waals surface area contributed by atoms with Gasteiger partial charge in [-0.1, -0.05) is 19.3 Å². The number of hydrogen-bond acceptors (Lipinski definition) is 4. The molecular weight excluding hydrogens is 475 g/mol. The molecule has 0 unspecified atom stereocenters. The van der Waals surface area contributed by atoms with Gasteiger partial charge < -0.3 is 10.2 Å². The Labute approximate surface area is 184 Å². The molecule has 154 valence electrons. The predicted octanol–water partition coefficient (Wildman–Crippen LogP) is 2.86. The SMILES string of the molecule is CCNC(=NCCN1C(=O)CCCC1=O)N1CCSC2(CCCCC2)C1.I. The van der Waals surface area contributed by atoms with Gasteiger partial charge >= 0.3 is 0 Å². The minimum absolute atomic E-state index is 0. The van der Waals surface area contributed by atoms with Crippen LogP contribution in [0.5, 0.6) is 0 Å². The van der Waals surface area contributed by atoms with Crippen LogP contribution < -0.4 is 5.32 Å². The van der Waals surface area contributed by atoms with Crippen LogP contribution in [0.15, 0.2) is 4.99 Å². The van der Waals surface area contributed by atoms with Gasteiger partial charge in [-0.2, -0.15) is 11.8 Å². The Morgan fingerprint density at radius 3 is 2.52 bits per heavy atom. The van der Waals surface area contributed by atoms with E-state index in [0.717, 1.165) is 31.3 Å². The number of halogens is 1. The molecule has 0 aromatic heterocycles. The average Bonchev–Trinajstić information content (AvgIpc) is 2.64. The molecule has 0 atom stereocenters. The summed E-state index contributed by atoms with van der Waals surface area (Å²) in [5, 5.41) is 3.41. The Morgan fingerprint density at radius 1 is 1.15 bits per heavy atom. The zero-order chi connectivity index (χ0) is 18.4. The minimum Gasteiger partial charge on any atom is -0.357 e. The first-order valence-electron chi connectivity index (χ1n) is 10.1. The third-order valence-corrected chi connectivity index (χ3v) is 7.15. The second-order valence-electron chi connectivity index (χ2n) is 7.54. The molecule has 3 rings (SSSR count). The highest BCUT2D eigenvalue weighted by molar-refractivity contribution is 14.0. The number of carbonyl (C=O) groups excluding carboxylic acids is 2. The van der Waals surface area contributed by atoms with Gasteiger partial charge in [-0.15, -0.1) is 24.0 Å². The molecule has 2 amide bonds. The Bertz CT molecular complexity index is 530. The summed E-state index contributed by atoms with van der Waals surface area (Å²) in [6, 6.07) is 0. The van der Waals surface area contributed by atoms with Gasteiger partial charge in [-0.05, 0) is 26.2 Å². The topological polar surface area (TPSA) is 65.0 Å². The standard InChI is InChI=1S/C19H32N4O2S.HI/c1-2-20-18(21-11-12-23-16(24)7-6-8-17(23)25)22-13-14-26-19(15-22)9-4-3-5-10-19;/h2-15H2,1H3,(H,20,21);1H. The number of aliphatic imine (C=N–C) groups is 1. The molecule has 8 heteroatoms. The van der Waals surface area contributed by atoms with Crippen LogP contribution >= 0.6 is 35.7 Å². The molecule has 2 heterocycles. The fourth-order valence-electron chi connectivity index (χ4n) is 4.26. The van der Waals surface area contributed by atoms with Crippen molar-refractivity contribution < 1.29 is 9.59 Å². The number of imide groups is 1. The Balaban J connectivity index is 0.00000261. The summed E-state index contributed by atoms with van der Waals surface area (Å²) in [6.07, 6.45) is 8.33. The van der Waals surface area contributed by atoms with Crippen LogP contribution in [0.25, 0.3) is 0 Å². The summed E-state index contributed by atoms with van der Waals surface area (Å²) in [5.74, 6) is 2.00. The Hall–Kier alpha value is -0.510. The summed E-state index contributed by atoms with van der Waals surface area (Å²) < 4.78 is 0.394. The van der Waals surface area contributed by atoms with Crippen LogP contribution in [0, 0.1) is 0 Å². The Morgan fingerprint density at radius 2 is 1.85 bits per heavy atom. The van der Waals surface area contributed by atoms with Crippen molar-refractivity contribution in [3.05, 3.63) is 0 Å². The van der Waals surface area contributed by atoms with Crippen LogP contribution in [0.3, 0.4) is 0 Å². The van der Waals surface area contributed by atoms with Gasteiger partial charge in [-0.3, -0.25) is 19.5 Å². The van der Waals surface area contributed by atoms with E-state index in [9.17, 15) is 9.59 Å². The highest BCUT2D eigenvalue weighted by atomic mass is 127. The number of nitrogens with zero attached hydrogens (tertiary/aromatic N) is 3. The summed E-state index contributed by atoms with van der Waals surface area (Å²) in [4.78, 5) is 32.4. The number of nitrogens with one attached hydrogen (secondary N) is 1. The number of amides is 2. The van der Waals surface area contributed by atoms with Crippen molar-refractivity contribution in [1.29, 1.82) is 0 Å². The second-order valence-corrected chi connectivity index (χ2v) is 9.10. The normalized spacial score (nSPS) is 23.4. The smallest absolute Gasteiger partial charge is 0.229 e. The van der Waals surface area contributed by atoms with Crippen molar-refractivity contribution in [1.82, 2.24) is 15.1 Å². The maximum atomic E-state index is 11.9. The van der Waals surface area contributed by atoms with E-state index in [0.29, 0.717) is 37.1 Å². The Kier molecular flexibility index (Phi) is 9.18. The van der Waals surface area contributed by atoms with E-state index < -0.39 is 0 Å². The molecule has 1 saturated carbocycles. The summed E-state index contributed by atoms with van der Waals surface area (Å²) in [7, 11) is 0. The molecule has 0 radical (unpaired) electrons. The molecule has 2 aliphatic heterocycles. The summed E-state index contributed by atoms with van der Waals surface area (Å²) >= 11 is 2.15. The minimum atomic E-state index is -0.0445. The average molecular weight is 508 g/mol. The lowest BCUT2D eigenvalue weighted by atomic mass is 9.87. The maximum absolute atomic E-state index is 11.9. The van der Waals surface area contributed by atoms with E-state index in [1.807, 2.05) is 0 Å². The van der Waals surface area contributed by atoms with Gasteiger partial charge in [0.25, 0.3) is 0 Å². The van der Waals surface area contributed by atoms with Crippen molar-refractivity contribution >= 4 is 53.5 Å². The van der Waals surface area contributed by atoms with Crippen LogP contribution in [-0.4, -0.2) is 70.8 Å². The number of thioether (sulfide) groups is 1. The fourth-order valence-corrected chi connectivity index (χ4v) is 5.82. The first kappa shape index (κ1) is 22.8. The molecule has 3 aliphatic rings. The maximum Gasteiger partial charge on any atom is 0.229 e. The van der Waals surface area contributed by atoms with Crippen molar-refractivity contribution in [2.75, 3.05) is 38.5 Å². The third-order valence-electron chi connectivity index (χ3n) is 5.62. The summed E-state index contributed by atoms with van der Waals surface area (Å²) in [6.45, 7) is 5.88. The molecule has 0 aromatic rings. The first-order chi connectivity index (χ1) is 12.6. The van der Waals surface area contributed by atoms with Crippen molar-refractivity contribution in [2.24, 2.45) is 4.99 Å². The lowest BCUT2D eigenvalue weighted by Crippen LogP contribution is -2.53. The largest absolute Gasteiger partial charge is 0.357 e. The highest BCUT2D eigenvalue weighted by Crippen LogP contribution is 2.42. The van der Waals surface area contributed by atoms with Crippen molar-refractivity contribution in [3.8, 4) is 0 Å². The van der Waals surface area contributed by atoms with E-state index in [2.05, 4.69) is 28.9 Å². The van der Waals surface area contributed by atoms with Crippen LogP contribution in [-0.2, 0) is 9.59 Å². The van der Waals surface area contributed by atoms with E-state index in [4.69, 9.17) is 4.99 Å². The van der Waals surface area contributed by atoms with Gasteiger partial charge in [0.1, 0.15) is 0 Å².